The Morgan fingerprint density at radius 3 is 2.68 bits per heavy atom. The maximum Gasteiger partial charge on any atom is 0.349 e. The highest BCUT2D eigenvalue weighted by molar-refractivity contribution is 7.17. The SMILES string of the molecule is COC(=O)c1cnc(N(C(=O)[C@H]2C[C@@H]2C)C2CC2)s1. The average Bonchev–Trinajstić information content (AvgIpc) is 3.30. The molecule has 2 saturated carbocycles. The van der Waals surface area contributed by atoms with Crippen molar-refractivity contribution in [3.05, 3.63) is 11.1 Å². The summed E-state index contributed by atoms with van der Waals surface area (Å²) in [6.45, 7) is 2.09. The molecule has 6 heteroatoms. The van der Waals surface area contributed by atoms with E-state index in [1.807, 2.05) is 0 Å². The highest BCUT2D eigenvalue weighted by Gasteiger charge is 2.46. The van der Waals surface area contributed by atoms with Crippen LogP contribution in [0.5, 0.6) is 0 Å². The van der Waals surface area contributed by atoms with Gasteiger partial charge >= 0.3 is 5.97 Å². The van der Waals surface area contributed by atoms with Gasteiger partial charge in [-0.05, 0) is 25.2 Å². The van der Waals surface area contributed by atoms with Gasteiger partial charge in [-0.25, -0.2) is 9.78 Å². The number of rotatable bonds is 4. The minimum atomic E-state index is -0.397. The van der Waals surface area contributed by atoms with Gasteiger partial charge in [0.05, 0.1) is 13.3 Å². The minimum absolute atomic E-state index is 0.145. The lowest BCUT2D eigenvalue weighted by molar-refractivity contribution is -0.120. The zero-order valence-electron chi connectivity index (χ0n) is 11.0. The Morgan fingerprint density at radius 1 is 1.47 bits per heavy atom. The molecule has 19 heavy (non-hydrogen) atoms. The fourth-order valence-electron chi connectivity index (χ4n) is 2.18. The van der Waals surface area contributed by atoms with E-state index in [0.717, 1.165) is 19.3 Å². The highest BCUT2D eigenvalue weighted by atomic mass is 32.1. The summed E-state index contributed by atoms with van der Waals surface area (Å²) in [6.07, 6.45) is 4.52. The molecule has 0 spiro atoms. The zero-order valence-corrected chi connectivity index (χ0v) is 11.8. The van der Waals surface area contributed by atoms with Crippen LogP contribution in [0, 0.1) is 11.8 Å². The third-order valence-corrected chi connectivity index (χ3v) is 4.64. The molecule has 2 aliphatic carbocycles. The smallest absolute Gasteiger partial charge is 0.349 e. The lowest BCUT2D eigenvalue weighted by Crippen LogP contribution is -2.34. The second kappa shape index (κ2) is 4.59. The fraction of sp³-hybridized carbons (Fsp3) is 0.615. The average molecular weight is 280 g/mol. The maximum absolute atomic E-state index is 12.4. The zero-order chi connectivity index (χ0) is 13.6. The molecule has 2 fully saturated rings. The van der Waals surface area contributed by atoms with E-state index in [2.05, 4.69) is 16.6 Å². The van der Waals surface area contributed by atoms with Crippen molar-refractivity contribution < 1.29 is 14.3 Å². The van der Waals surface area contributed by atoms with Crippen LogP contribution in [0.3, 0.4) is 0 Å². The van der Waals surface area contributed by atoms with E-state index < -0.39 is 5.97 Å². The Labute approximate surface area is 115 Å². The molecule has 1 aromatic rings. The number of hydrogen-bond donors (Lipinski definition) is 0. The number of hydrogen-bond acceptors (Lipinski definition) is 5. The van der Waals surface area contributed by atoms with Crippen molar-refractivity contribution in [2.75, 3.05) is 12.0 Å². The first-order valence-electron chi connectivity index (χ1n) is 6.49. The molecule has 0 aliphatic heterocycles. The van der Waals surface area contributed by atoms with Crippen LogP contribution < -0.4 is 4.90 Å². The Balaban J connectivity index is 1.82. The van der Waals surface area contributed by atoms with E-state index in [9.17, 15) is 9.59 Å². The lowest BCUT2D eigenvalue weighted by Gasteiger charge is -2.19. The van der Waals surface area contributed by atoms with Crippen molar-refractivity contribution in [3.63, 3.8) is 0 Å². The van der Waals surface area contributed by atoms with Gasteiger partial charge in [0.2, 0.25) is 5.91 Å². The third-order valence-electron chi connectivity index (χ3n) is 3.66. The molecule has 0 aromatic carbocycles. The van der Waals surface area contributed by atoms with E-state index in [-0.39, 0.29) is 17.9 Å². The van der Waals surface area contributed by atoms with Gasteiger partial charge < -0.3 is 4.74 Å². The summed E-state index contributed by atoms with van der Waals surface area (Å²) in [7, 11) is 1.34. The van der Waals surface area contributed by atoms with Gasteiger partial charge in [-0.1, -0.05) is 18.3 Å². The topological polar surface area (TPSA) is 59.5 Å². The fourth-order valence-corrected chi connectivity index (χ4v) is 3.09. The number of nitrogens with zero attached hydrogens (tertiary/aromatic N) is 2. The van der Waals surface area contributed by atoms with Crippen molar-refractivity contribution in [2.24, 2.45) is 11.8 Å². The molecule has 0 bridgehead atoms. The van der Waals surface area contributed by atoms with Gasteiger partial charge in [-0.15, -0.1) is 0 Å². The molecule has 2 atom stereocenters. The predicted molar refractivity (Wildman–Crippen MR) is 71.2 cm³/mol. The first kappa shape index (κ1) is 12.6. The van der Waals surface area contributed by atoms with Gasteiger partial charge in [0, 0.05) is 12.0 Å². The highest BCUT2D eigenvalue weighted by Crippen LogP contribution is 2.43. The van der Waals surface area contributed by atoms with Crippen LogP contribution in [-0.4, -0.2) is 30.0 Å². The first-order valence-corrected chi connectivity index (χ1v) is 7.30. The number of ether oxygens (including phenoxy) is 1. The van der Waals surface area contributed by atoms with Gasteiger partial charge in [0.15, 0.2) is 5.13 Å². The maximum atomic E-state index is 12.4. The largest absolute Gasteiger partial charge is 0.465 e. The minimum Gasteiger partial charge on any atom is -0.465 e. The molecule has 2 aliphatic rings. The van der Waals surface area contributed by atoms with Gasteiger partial charge in [-0.2, -0.15) is 0 Å². The second-order valence-corrected chi connectivity index (χ2v) is 6.27. The van der Waals surface area contributed by atoms with E-state index in [0.29, 0.717) is 15.9 Å². The molecule has 0 N–H and O–H groups in total. The van der Waals surface area contributed by atoms with Crippen LogP contribution >= 0.6 is 11.3 Å². The van der Waals surface area contributed by atoms with Crippen LogP contribution in [0.2, 0.25) is 0 Å². The number of methoxy groups -OCH3 is 1. The number of carbonyl (C=O) groups excluding carboxylic acids is 2. The summed E-state index contributed by atoms with van der Waals surface area (Å²) in [5, 5.41) is 0.631. The molecular weight excluding hydrogens is 264 g/mol. The quantitative estimate of drug-likeness (QED) is 0.792. The van der Waals surface area contributed by atoms with Crippen LogP contribution in [0.4, 0.5) is 5.13 Å². The summed E-state index contributed by atoms with van der Waals surface area (Å²) >= 11 is 1.24. The Kier molecular flexibility index (Phi) is 3.05. The molecular formula is C13H16N2O3S. The standard InChI is InChI=1S/C13H16N2O3S/c1-7-5-9(7)11(16)15(8-3-4-8)13-14-6-10(19-13)12(17)18-2/h6-9H,3-5H2,1-2H3/t7-,9-/m0/s1. The lowest BCUT2D eigenvalue weighted by atomic mass is 10.3. The molecule has 1 heterocycles. The first-order chi connectivity index (χ1) is 9.11. The van der Waals surface area contributed by atoms with E-state index in [1.54, 1.807) is 4.90 Å². The van der Waals surface area contributed by atoms with E-state index in [1.165, 1.54) is 24.6 Å². The summed E-state index contributed by atoms with van der Waals surface area (Å²) in [5.41, 5.74) is 0. The monoisotopic (exact) mass is 280 g/mol. The number of esters is 1. The summed E-state index contributed by atoms with van der Waals surface area (Å²) < 4.78 is 4.67. The normalized spacial score (nSPS) is 24.9. The van der Waals surface area contributed by atoms with Crippen molar-refractivity contribution >= 4 is 28.3 Å². The summed E-state index contributed by atoms with van der Waals surface area (Å²) in [6, 6.07) is 0.275. The summed E-state index contributed by atoms with van der Waals surface area (Å²) in [5.74, 6) is 0.396. The molecule has 5 nitrogen and oxygen atoms in total. The number of amides is 1. The molecule has 0 saturated heterocycles. The molecule has 3 rings (SSSR count). The molecule has 1 amide bonds. The van der Waals surface area contributed by atoms with Crippen LogP contribution in [-0.2, 0) is 9.53 Å². The Morgan fingerprint density at radius 2 is 2.16 bits per heavy atom. The Hall–Kier alpha value is -1.43. The number of anilines is 1. The van der Waals surface area contributed by atoms with E-state index >= 15 is 0 Å². The van der Waals surface area contributed by atoms with Crippen molar-refractivity contribution in [3.8, 4) is 0 Å². The number of carbonyl (C=O) groups is 2. The van der Waals surface area contributed by atoms with Gasteiger partial charge in [0.1, 0.15) is 4.88 Å². The molecule has 1 aromatic heterocycles. The van der Waals surface area contributed by atoms with E-state index in [4.69, 9.17) is 0 Å². The second-order valence-electron chi connectivity index (χ2n) is 5.26. The predicted octanol–water partition coefficient (Wildman–Crippen LogP) is 2.08. The van der Waals surface area contributed by atoms with Gasteiger partial charge in [0.25, 0.3) is 0 Å². The third kappa shape index (κ3) is 2.36. The molecule has 0 radical (unpaired) electrons. The molecule has 102 valence electrons. The summed E-state index contributed by atoms with van der Waals surface area (Å²) in [4.78, 5) is 30.3. The van der Waals surface area contributed by atoms with Crippen molar-refractivity contribution in [2.45, 2.75) is 32.2 Å². The van der Waals surface area contributed by atoms with Crippen molar-refractivity contribution in [1.82, 2.24) is 4.98 Å². The van der Waals surface area contributed by atoms with Crippen molar-refractivity contribution in [1.29, 1.82) is 0 Å². The van der Waals surface area contributed by atoms with Gasteiger partial charge in [-0.3, -0.25) is 9.69 Å². The Bertz CT molecular complexity index is 524. The molecule has 0 unspecified atom stereocenters. The number of aromatic nitrogens is 1. The number of thiazole rings is 1. The van der Waals surface area contributed by atoms with Crippen LogP contribution in [0.25, 0.3) is 0 Å². The van der Waals surface area contributed by atoms with Crippen LogP contribution in [0.15, 0.2) is 6.20 Å². The van der Waals surface area contributed by atoms with Crippen LogP contribution in [0.1, 0.15) is 35.9 Å².